The van der Waals surface area contributed by atoms with Gasteiger partial charge in [-0.1, -0.05) is 63.3 Å². The Labute approximate surface area is 145 Å². The van der Waals surface area contributed by atoms with E-state index in [1.165, 1.54) is 49.7 Å². The number of carbonyl (C=O) groups excluding carboxylic acids is 1. The van der Waals surface area contributed by atoms with Crippen molar-refractivity contribution in [3.8, 4) is 0 Å². The largest absolute Gasteiger partial charge is 0.447 e. The predicted molar refractivity (Wildman–Crippen MR) is 96.1 cm³/mol. The van der Waals surface area contributed by atoms with Crippen molar-refractivity contribution in [3.05, 3.63) is 35.4 Å². The van der Waals surface area contributed by atoms with E-state index in [1.807, 2.05) is 0 Å². The van der Waals surface area contributed by atoms with Gasteiger partial charge in [-0.3, -0.25) is 0 Å². The van der Waals surface area contributed by atoms with Gasteiger partial charge >= 0.3 is 6.09 Å². The second kappa shape index (κ2) is 9.67. The van der Waals surface area contributed by atoms with Gasteiger partial charge in [0.05, 0.1) is 6.61 Å². The zero-order chi connectivity index (χ0) is 17.3. The van der Waals surface area contributed by atoms with Crippen LogP contribution in [-0.4, -0.2) is 30.0 Å². The SMILES string of the molecule is CCCCCCCCc1ccc(CCC2(CO)COC(=O)N2)cc1. The van der Waals surface area contributed by atoms with Gasteiger partial charge in [0.2, 0.25) is 0 Å². The number of alkyl carbamates (subject to hydrolysis) is 1. The molecular formula is C20H31NO3. The summed E-state index contributed by atoms with van der Waals surface area (Å²) in [4.78, 5) is 11.2. The Morgan fingerprint density at radius 3 is 2.25 bits per heavy atom. The first-order valence-corrected chi connectivity index (χ1v) is 9.31. The Balaban J connectivity index is 1.71. The quantitative estimate of drug-likeness (QED) is 0.602. The molecule has 1 fully saturated rings. The average molecular weight is 333 g/mol. The third-order valence-electron chi connectivity index (χ3n) is 4.88. The number of rotatable bonds is 11. The third kappa shape index (κ3) is 5.82. The maximum absolute atomic E-state index is 11.2. The zero-order valence-electron chi connectivity index (χ0n) is 14.9. The molecule has 4 nitrogen and oxygen atoms in total. The lowest BCUT2D eigenvalue weighted by Gasteiger charge is -2.23. The number of nitrogens with one attached hydrogen (secondary N) is 1. The molecule has 0 aromatic heterocycles. The molecule has 0 saturated carbocycles. The molecule has 0 bridgehead atoms. The number of amides is 1. The minimum Gasteiger partial charge on any atom is -0.447 e. The average Bonchev–Trinajstić information content (AvgIpc) is 2.99. The third-order valence-corrected chi connectivity index (χ3v) is 4.88. The predicted octanol–water partition coefficient (Wildman–Crippen LogP) is 3.99. The Bertz CT molecular complexity index is 500. The van der Waals surface area contributed by atoms with Crippen LogP contribution < -0.4 is 5.32 Å². The topological polar surface area (TPSA) is 58.6 Å². The Morgan fingerprint density at radius 2 is 1.67 bits per heavy atom. The zero-order valence-corrected chi connectivity index (χ0v) is 14.9. The first kappa shape index (κ1) is 18.8. The van der Waals surface area contributed by atoms with Crippen molar-refractivity contribution in [3.63, 3.8) is 0 Å². The minimum absolute atomic E-state index is 0.0884. The summed E-state index contributed by atoms with van der Waals surface area (Å²) in [5.74, 6) is 0. The summed E-state index contributed by atoms with van der Waals surface area (Å²) in [7, 11) is 0. The van der Waals surface area contributed by atoms with Crippen molar-refractivity contribution in [2.45, 2.75) is 70.3 Å². The lowest BCUT2D eigenvalue weighted by atomic mass is 9.93. The summed E-state index contributed by atoms with van der Waals surface area (Å²) in [6.07, 6.45) is 10.2. The van der Waals surface area contributed by atoms with Crippen LogP contribution >= 0.6 is 0 Å². The molecule has 1 heterocycles. The van der Waals surface area contributed by atoms with Gasteiger partial charge in [-0.2, -0.15) is 0 Å². The molecule has 1 atom stereocenters. The normalized spacial score (nSPS) is 20.0. The van der Waals surface area contributed by atoms with Crippen LogP contribution in [0.25, 0.3) is 0 Å². The molecule has 1 saturated heterocycles. The fourth-order valence-electron chi connectivity index (χ4n) is 3.16. The number of carbonyl (C=O) groups is 1. The Hall–Kier alpha value is -1.55. The molecule has 1 aromatic rings. The highest BCUT2D eigenvalue weighted by Crippen LogP contribution is 2.20. The summed E-state index contributed by atoms with van der Waals surface area (Å²) in [6.45, 7) is 2.41. The summed E-state index contributed by atoms with van der Waals surface area (Å²) in [5, 5.41) is 12.3. The van der Waals surface area contributed by atoms with Gasteiger partial charge in [0.15, 0.2) is 0 Å². The van der Waals surface area contributed by atoms with E-state index in [4.69, 9.17) is 4.74 Å². The molecule has 0 aliphatic carbocycles. The van der Waals surface area contributed by atoms with E-state index in [9.17, 15) is 9.90 Å². The van der Waals surface area contributed by atoms with Gasteiger partial charge in [-0.05, 0) is 36.8 Å². The van der Waals surface area contributed by atoms with Crippen molar-refractivity contribution >= 4 is 6.09 Å². The van der Waals surface area contributed by atoms with E-state index in [0.29, 0.717) is 6.42 Å². The monoisotopic (exact) mass is 333 g/mol. The number of hydrogen-bond acceptors (Lipinski definition) is 3. The lowest BCUT2D eigenvalue weighted by Crippen LogP contribution is -2.47. The molecule has 1 aliphatic heterocycles. The van der Waals surface area contributed by atoms with Crippen molar-refractivity contribution in [1.29, 1.82) is 0 Å². The fourth-order valence-corrected chi connectivity index (χ4v) is 3.16. The standard InChI is InChI=1S/C20H31NO3/c1-2-3-4-5-6-7-8-17-9-11-18(12-10-17)13-14-20(15-22)16-24-19(23)21-20/h9-12,22H,2-8,13-16H2,1H3,(H,21,23). The van der Waals surface area contributed by atoms with Crippen LogP contribution in [0.4, 0.5) is 4.79 Å². The van der Waals surface area contributed by atoms with E-state index in [2.05, 4.69) is 36.5 Å². The molecule has 0 radical (unpaired) electrons. The van der Waals surface area contributed by atoms with Crippen LogP contribution in [0.2, 0.25) is 0 Å². The molecule has 1 aliphatic rings. The highest BCUT2D eigenvalue weighted by atomic mass is 16.6. The fraction of sp³-hybridized carbons (Fsp3) is 0.650. The first-order valence-electron chi connectivity index (χ1n) is 9.31. The first-order chi connectivity index (χ1) is 11.7. The molecule has 2 rings (SSSR count). The van der Waals surface area contributed by atoms with E-state index in [0.717, 1.165) is 12.8 Å². The van der Waals surface area contributed by atoms with Crippen molar-refractivity contribution in [1.82, 2.24) is 5.32 Å². The van der Waals surface area contributed by atoms with Gasteiger partial charge in [0.25, 0.3) is 0 Å². The van der Waals surface area contributed by atoms with Crippen LogP contribution in [0.1, 0.15) is 63.0 Å². The van der Waals surface area contributed by atoms with Crippen LogP contribution in [0.3, 0.4) is 0 Å². The number of ether oxygens (including phenoxy) is 1. The molecule has 2 N–H and O–H groups in total. The maximum Gasteiger partial charge on any atom is 0.407 e. The van der Waals surface area contributed by atoms with Crippen molar-refractivity contribution < 1.29 is 14.6 Å². The van der Waals surface area contributed by atoms with Crippen molar-refractivity contribution in [2.75, 3.05) is 13.2 Å². The summed E-state index contributed by atoms with van der Waals surface area (Å²) < 4.78 is 4.94. The molecule has 0 spiro atoms. The van der Waals surface area contributed by atoms with E-state index in [-0.39, 0.29) is 13.2 Å². The number of unbranched alkanes of at least 4 members (excludes halogenated alkanes) is 5. The molecule has 1 aromatic carbocycles. The van der Waals surface area contributed by atoms with Gasteiger partial charge in [0, 0.05) is 0 Å². The van der Waals surface area contributed by atoms with Gasteiger partial charge < -0.3 is 15.2 Å². The summed E-state index contributed by atoms with van der Waals surface area (Å²) >= 11 is 0. The minimum atomic E-state index is -0.617. The van der Waals surface area contributed by atoms with E-state index in [1.54, 1.807) is 0 Å². The summed E-state index contributed by atoms with van der Waals surface area (Å²) in [6, 6.07) is 8.73. The summed E-state index contributed by atoms with van der Waals surface area (Å²) in [5.41, 5.74) is 2.01. The van der Waals surface area contributed by atoms with Crippen LogP contribution in [-0.2, 0) is 17.6 Å². The molecule has 24 heavy (non-hydrogen) atoms. The Morgan fingerprint density at radius 1 is 1.04 bits per heavy atom. The molecule has 134 valence electrons. The molecule has 1 unspecified atom stereocenters. The molecule has 1 amide bonds. The van der Waals surface area contributed by atoms with Crippen LogP contribution in [0.15, 0.2) is 24.3 Å². The van der Waals surface area contributed by atoms with Gasteiger partial charge in [0.1, 0.15) is 12.1 Å². The number of aryl methyl sites for hydroxylation is 2. The molecule has 4 heteroatoms. The van der Waals surface area contributed by atoms with Gasteiger partial charge in [-0.15, -0.1) is 0 Å². The second-order valence-corrected chi connectivity index (χ2v) is 6.97. The lowest BCUT2D eigenvalue weighted by molar-refractivity contribution is 0.140. The highest BCUT2D eigenvalue weighted by molar-refractivity contribution is 5.70. The number of hydrogen-bond donors (Lipinski definition) is 2. The molecular weight excluding hydrogens is 302 g/mol. The van der Waals surface area contributed by atoms with Gasteiger partial charge in [-0.25, -0.2) is 4.79 Å². The number of benzene rings is 1. The maximum atomic E-state index is 11.2. The van der Waals surface area contributed by atoms with E-state index < -0.39 is 11.6 Å². The smallest absolute Gasteiger partial charge is 0.407 e. The highest BCUT2D eigenvalue weighted by Gasteiger charge is 2.38. The van der Waals surface area contributed by atoms with Crippen LogP contribution in [0, 0.1) is 0 Å². The second-order valence-electron chi connectivity index (χ2n) is 6.97. The number of cyclic esters (lactones) is 1. The Kier molecular flexibility index (Phi) is 7.57. The number of aliphatic hydroxyl groups is 1. The van der Waals surface area contributed by atoms with Crippen molar-refractivity contribution in [2.24, 2.45) is 0 Å². The number of aliphatic hydroxyl groups excluding tert-OH is 1. The van der Waals surface area contributed by atoms with Crippen LogP contribution in [0.5, 0.6) is 0 Å². The van der Waals surface area contributed by atoms with E-state index >= 15 is 0 Å².